The number of nitrogens with zero attached hydrogens (tertiary/aromatic N) is 2. The van der Waals surface area contributed by atoms with E-state index >= 15 is 0 Å². The summed E-state index contributed by atoms with van der Waals surface area (Å²) in [5.41, 5.74) is 3.53. The van der Waals surface area contributed by atoms with Crippen molar-refractivity contribution in [3.05, 3.63) is 58.8 Å². The van der Waals surface area contributed by atoms with Crippen LogP contribution in [-0.2, 0) is 0 Å². The molecule has 0 bridgehead atoms. The molecule has 3 heterocycles. The van der Waals surface area contributed by atoms with Gasteiger partial charge in [-0.25, -0.2) is 0 Å². The fourth-order valence-electron chi connectivity index (χ4n) is 4.06. The van der Waals surface area contributed by atoms with Gasteiger partial charge in [-0.05, 0) is 47.8 Å². The van der Waals surface area contributed by atoms with Crippen molar-refractivity contribution in [1.29, 1.82) is 0 Å². The molecule has 0 spiro atoms. The van der Waals surface area contributed by atoms with Crippen LogP contribution in [0.1, 0.15) is 29.0 Å². The van der Waals surface area contributed by atoms with E-state index in [0.29, 0.717) is 15.9 Å². The number of hydrogen-bond acceptors (Lipinski definition) is 6. The van der Waals surface area contributed by atoms with E-state index in [4.69, 9.17) is 20.9 Å². The van der Waals surface area contributed by atoms with Crippen molar-refractivity contribution in [1.82, 2.24) is 10.1 Å². The van der Waals surface area contributed by atoms with E-state index < -0.39 is 5.78 Å². The number of ketones is 1. The van der Waals surface area contributed by atoms with Crippen LogP contribution in [0.5, 0.6) is 11.8 Å². The number of fused-ring (bicyclic) bond motifs is 1. The van der Waals surface area contributed by atoms with Crippen LogP contribution in [0.2, 0.25) is 5.02 Å². The van der Waals surface area contributed by atoms with E-state index in [1.165, 1.54) is 31.7 Å². The van der Waals surface area contributed by atoms with Crippen LogP contribution in [0.25, 0.3) is 22.0 Å². The molecule has 1 saturated heterocycles. The first-order chi connectivity index (χ1) is 15.0. The highest BCUT2D eigenvalue weighted by molar-refractivity contribution is 6.34. The lowest BCUT2D eigenvalue weighted by Crippen LogP contribution is -2.17. The summed E-state index contributed by atoms with van der Waals surface area (Å²) >= 11 is 6.54. The highest BCUT2D eigenvalue weighted by atomic mass is 35.5. The minimum atomic E-state index is -0.503. The molecule has 5 rings (SSSR count). The number of H-pyrrole nitrogens is 1. The number of benzene rings is 2. The number of aromatic hydroxyl groups is 1. The van der Waals surface area contributed by atoms with Crippen LogP contribution in [0.4, 0.5) is 5.69 Å². The molecule has 7 nitrogen and oxygen atoms in total. The Kier molecular flexibility index (Phi) is 4.82. The average molecular weight is 438 g/mol. The molecule has 1 fully saturated rings. The van der Waals surface area contributed by atoms with Gasteiger partial charge in [-0.1, -0.05) is 23.7 Å². The molecule has 2 aromatic heterocycles. The van der Waals surface area contributed by atoms with Gasteiger partial charge in [-0.3, -0.25) is 4.79 Å². The molecule has 2 N–H and O–H groups in total. The molecule has 4 aromatic rings. The number of halogens is 1. The number of carbonyl (C=O) groups excluding carboxylic acids is 1. The number of nitrogens with one attached hydrogen (secondary N) is 1. The fraction of sp³-hybridized carbons (Fsp3) is 0.217. The normalized spacial score (nSPS) is 13.8. The van der Waals surface area contributed by atoms with E-state index in [1.54, 1.807) is 12.1 Å². The van der Waals surface area contributed by atoms with Gasteiger partial charge >= 0.3 is 0 Å². The second-order valence-corrected chi connectivity index (χ2v) is 7.94. The standard InChI is InChI=1S/C23H20ClN3O4/c1-30-20-12-19(31-26-20)22(28)21-16-10-15(17(24)11-18(16)25-23(21)29)13-4-6-14(7-5-13)27-8-2-3-9-27/h4-7,10-12,25,29H,2-3,8-9H2,1H3. The van der Waals surface area contributed by atoms with Crippen LogP contribution in [0, 0.1) is 0 Å². The Hall–Kier alpha value is -3.45. The molecular formula is C23H20ClN3O4. The summed E-state index contributed by atoms with van der Waals surface area (Å²) in [6, 6.07) is 13.1. The minimum absolute atomic E-state index is 0.0282. The molecule has 1 aliphatic rings. The van der Waals surface area contributed by atoms with Crippen molar-refractivity contribution in [2.45, 2.75) is 12.8 Å². The van der Waals surface area contributed by atoms with E-state index in [9.17, 15) is 9.90 Å². The predicted octanol–water partition coefficient (Wildman–Crippen LogP) is 5.02. The maximum atomic E-state index is 13.0. The summed E-state index contributed by atoms with van der Waals surface area (Å²) in [4.78, 5) is 18.2. The number of hydrogen-bond donors (Lipinski definition) is 2. The summed E-state index contributed by atoms with van der Waals surface area (Å²) < 4.78 is 10.0. The quantitative estimate of drug-likeness (QED) is 0.426. The highest BCUT2D eigenvalue weighted by Crippen LogP contribution is 2.38. The van der Waals surface area contributed by atoms with Crippen molar-refractivity contribution >= 4 is 34.0 Å². The molecule has 0 atom stereocenters. The predicted molar refractivity (Wildman–Crippen MR) is 118 cm³/mol. The lowest BCUT2D eigenvalue weighted by atomic mass is 10.00. The van der Waals surface area contributed by atoms with Crippen molar-refractivity contribution in [2.24, 2.45) is 0 Å². The maximum Gasteiger partial charge on any atom is 0.254 e. The molecule has 0 radical (unpaired) electrons. The summed E-state index contributed by atoms with van der Waals surface area (Å²) in [5, 5.41) is 15.1. The SMILES string of the molecule is COc1cc(C(=O)c2c(O)[nH]c3cc(Cl)c(-c4ccc(N5CCCC5)cc4)cc23)on1. The molecule has 0 saturated carbocycles. The lowest BCUT2D eigenvalue weighted by Gasteiger charge is -2.18. The van der Waals surface area contributed by atoms with Crippen LogP contribution < -0.4 is 9.64 Å². The van der Waals surface area contributed by atoms with Crippen LogP contribution >= 0.6 is 11.6 Å². The molecule has 1 aliphatic heterocycles. The van der Waals surface area contributed by atoms with Gasteiger partial charge < -0.3 is 24.3 Å². The number of methoxy groups -OCH3 is 1. The molecular weight excluding hydrogens is 418 g/mol. The zero-order chi connectivity index (χ0) is 21.5. The van der Waals surface area contributed by atoms with E-state index in [2.05, 4.69) is 27.2 Å². The van der Waals surface area contributed by atoms with E-state index in [0.717, 1.165) is 24.2 Å². The van der Waals surface area contributed by atoms with Crippen LogP contribution in [0.3, 0.4) is 0 Å². The van der Waals surface area contributed by atoms with Gasteiger partial charge in [0.25, 0.3) is 5.88 Å². The third-order valence-corrected chi connectivity index (χ3v) is 5.98. The topological polar surface area (TPSA) is 91.6 Å². The van der Waals surface area contributed by atoms with Crippen LogP contribution in [-0.4, -0.2) is 41.2 Å². The number of rotatable bonds is 5. The Labute approximate surface area is 183 Å². The zero-order valence-corrected chi connectivity index (χ0v) is 17.6. The summed E-state index contributed by atoms with van der Waals surface area (Å²) in [5.74, 6) is -0.603. The molecule has 0 aliphatic carbocycles. The minimum Gasteiger partial charge on any atom is -0.494 e. The molecule has 0 amide bonds. The van der Waals surface area contributed by atoms with E-state index in [1.807, 2.05) is 12.1 Å². The Morgan fingerprint density at radius 3 is 2.61 bits per heavy atom. The third kappa shape index (κ3) is 3.41. The fourth-order valence-corrected chi connectivity index (χ4v) is 4.34. The van der Waals surface area contributed by atoms with Gasteiger partial charge in [0.1, 0.15) is 0 Å². The van der Waals surface area contributed by atoms with Crippen molar-refractivity contribution in [2.75, 3.05) is 25.1 Å². The first-order valence-electron chi connectivity index (χ1n) is 10.00. The van der Waals surface area contributed by atoms with Gasteiger partial charge in [0.2, 0.25) is 17.4 Å². The van der Waals surface area contributed by atoms with Gasteiger partial charge in [0.05, 0.1) is 29.3 Å². The second-order valence-electron chi connectivity index (χ2n) is 7.53. The number of anilines is 1. The van der Waals surface area contributed by atoms with Crippen LogP contribution in [0.15, 0.2) is 47.0 Å². The van der Waals surface area contributed by atoms with Crippen molar-refractivity contribution < 1.29 is 19.2 Å². The largest absolute Gasteiger partial charge is 0.494 e. The molecule has 0 unspecified atom stereocenters. The Balaban J connectivity index is 1.56. The van der Waals surface area contributed by atoms with E-state index in [-0.39, 0.29) is 23.1 Å². The number of aromatic nitrogens is 2. The first-order valence-corrected chi connectivity index (χ1v) is 10.4. The zero-order valence-electron chi connectivity index (χ0n) is 16.8. The first kappa shape index (κ1) is 19.5. The molecule has 158 valence electrons. The molecule has 31 heavy (non-hydrogen) atoms. The summed E-state index contributed by atoms with van der Waals surface area (Å²) in [6.45, 7) is 2.15. The highest BCUT2D eigenvalue weighted by Gasteiger charge is 2.25. The average Bonchev–Trinajstić information content (AvgIpc) is 3.52. The van der Waals surface area contributed by atoms with Crippen molar-refractivity contribution in [3.8, 4) is 22.9 Å². The van der Waals surface area contributed by atoms with Gasteiger partial charge in [0.15, 0.2) is 0 Å². The summed E-state index contributed by atoms with van der Waals surface area (Å²) in [7, 11) is 1.43. The molecule has 8 heteroatoms. The smallest absolute Gasteiger partial charge is 0.254 e. The number of ether oxygens (including phenoxy) is 1. The van der Waals surface area contributed by atoms with Gasteiger partial charge in [-0.15, -0.1) is 0 Å². The van der Waals surface area contributed by atoms with Crippen molar-refractivity contribution in [3.63, 3.8) is 0 Å². The Bertz CT molecular complexity index is 1270. The van der Waals surface area contributed by atoms with Gasteiger partial charge in [0, 0.05) is 29.7 Å². The number of carbonyl (C=O) groups is 1. The Morgan fingerprint density at radius 2 is 1.94 bits per heavy atom. The second kappa shape index (κ2) is 7.67. The monoisotopic (exact) mass is 437 g/mol. The third-order valence-electron chi connectivity index (χ3n) is 5.66. The Morgan fingerprint density at radius 1 is 1.19 bits per heavy atom. The lowest BCUT2D eigenvalue weighted by molar-refractivity contribution is 0.0999. The summed E-state index contributed by atoms with van der Waals surface area (Å²) in [6.07, 6.45) is 2.43. The number of aromatic amines is 1. The van der Waals surface area contributed by atoms with Gasteiger partial charge in [-0.2, -0.15) is 0 Å². The molecule has 2 aromatic carbocycles. The maximum absolute atomic E-state index is 13.0.